The Balaban J connectivity index is 1.68. The lowest BCUT2D eigenvalue weighted by atomic mass is 10.2. The van der Waals surface area contributed by atoms with E-state index in [2.05, 4.69) is 0 Å². The van der Waals surface area contributed by atoms with Crippen LogP contribution in [0.15, 0.2) is 36.4 Å². The van der Waals surface area contributed by atoms with Crippen LogP contribution in [-0.2, 0) is 9.53 Å². The standard InChI is InChI=1S/C21H19ClN2O5/c1-14-11-16(4-5-17(14)22)24(8-2-7-23)20(25)13-29-21(26)15-3-6-18-19(12-15)28-10-9-27-18/h3-6,11-12H,2,8-10,13H2,1H3. The van der Waals surface area contributed by atoms with Crippen molar-refractivity contribution in [3.05, 3.63) is 52.5 Å². The molecular weight excluding hydrogens is 396 g/mol. The summed E-state index contributed by atoms with van der Waals surface area (Å²) in [6, 6.07) is 11.8. The van der Waals surface area contributed by atoms with Crippen molar-refractivity contribution in [1.29, 1.82) is 5.26 Å². The predicted molar refractivity (Wildman–Crippen MR) is 106 cm³/mol. The molecule has 150 valence electrons. The summed E-state index contributed by atoms with van der Waals surface area (Å²) in [6.07, 6.45) is 0.142. The van der Waals surface area contributed by atoms with Crippen molar-refractivity contribution in [2.75, 3.05) is 31.3 Å². The van der Waals surface area contributed by atoms with E-state index in [0.717, 1.165) is 5.56 Å². The van der Waals surface area contributed by atoms with E-state index in [0.29, 0.717) is 35.4 Å². The maximum absolute atomic E-state index is 12.7. The van der Waals surface area contributed by atoms with Gasteiger partial charge in [-0.25, -0.2) is 4.79 Å². The zero-order valence-corrected chi connectivity index (χ0v) is 16.6. The second-order valence-corrected chi connectivity index (χ2v) is 6.73. The van der Waals surface area contributed by atoms with Crippen molar-refractivity contribution in [2.45, 2.75) is 13.3 Å². The van der Waals surface area contributed by atoms with Crippen LogP contribution >= 0.6 is 11.6 Å². The highest BCUT2D eigenvalue weighted by molar-refractivity contribution is 6.31. The van der Waals surface area contributed by atoms with Crippen LogP contribution in [-0.4, -0.2) is 38.2 Å². The SMILES string of the molecule is Cc1cc(N(CCC#N)C(=O)COC(=O)c2ccc3c(c2)OCCO3)ccc1Cl. The third kappa shape index (κ3) is 4.98. The molecule has 0 radical (unpaired) electrons. The van der Waals surface area contributed by atoms with E-state index in [4.69, 9.17) is 31.1 Å². The fourth-order valence-corrected chi connectivity index (χ4v) is 2.93. The first kappa shape index (κ1) is 20.5. The second kappa shape index (κ2) is 9.30. The van der Waals surface area contributed by atoms with E-state index in [1.807, 2.05) is 13.0 Å². The predicted octanol–water partition coefficient (Wildman–Crippen LogP) is 3.52. The Morgan fingerprint density at radius 2 is 1.93 bits per heavy atom. The number of carbonyl (C=O) groups excluding carboxylic acids is 2. The molecule has 0 aliphatic carbocycles. The van der Waals surface area contributed by atoms with Crippen LogP contribution in [0, 0.1) is 18.3 Å². The highest BCUT2D eigenvalue weighted by Gasteiger charge is 2.20. The zero-order valence-electron chi connectivity index (χ0n) is 15.8. The molecule has 1 aliphatic heterocycles. The Labute approximate surface area is 173 Å². The molecule has 0 fully saturated rings. The van der Waals surface area contributed by atoms with Gasteiger partial charge in [-0.1, -0.05) is 11.6 Å². The van der Waals surface area contributed by atoms with Crippen LogP contribution in [0.3, 0.4) is 0 Å². The first-order valence-electron chi connectivity index (χ1n) is 9.00. The van der Waals surface area contributed by atoms with Gasteiger partial charge in [-0.05, 0) is 48.9 Å². The van der Waals surface area contributed by atoms with Crippen LogP contribution in [0.25, 0.3) is 0 Å². The number of nitriles is 1. The molecule has 3 rings (SSSR count). The van der Waals surface area contributed by atoms with Gasteiger partial charge in [0.25, 0.3) is 5.91 Å². The molecule has 1 aliphatic rings. The van der Waals surface area contributed by atoms with Gasteiger partial charge in [0.2, 0.25) is 0 Å². The van der Waals surface area contributed by atoms with Gasteiger partial charge in [-0.2, -0.15) is 5.26 Å². The average molecular weight is 415 g/mol. The van der Waals surface area contributed by atoms with Crippen molar-refractivity contribution in [1.82, 2.24) is 0 Å². The Kier molecular flexibility index (Phi) is 6.57. The van der Waals surface area contributed by atoms with Gasteiger partial charge in [0, 0.05) is 17.3 Å². The highest BCUT2D eigenvalue weighted by atomic mass is 35.5. The number of carbonyl (C=O) groups is 2. The quantitative estimate of drug-likeness (QED) is 0.672. The summed E-state index contributed by atoms with van der Waals surface area (Å²) in [6.45, 7) is 2.39. The molecule has 1 heterocycles. The third-order valence-corrected chi connectivity index (χ3v) is 4.73. The number of anilines is 1. The summed E-state index contributed by atoms with van der Waals surface area (Å²) in [4.78, 5) is 26.4. The lowest BCUT2D eigenvalue weighted by Crippen LogP contribution is -2.35. The zero-order chi connectivity index (χ0) is 20.8. The molecule has 29 heavy (non-hydrogen) atoms. The largest absolute Gasteiger partial charge is 0.486 e. The van der Waals surface area contributed by atoms with Gasteiger partial charge in [0.15, 0.2) is 18.1 Å². The van der Waals surface area contributed by atoms with Crippen molar-refractivity contribution < 1.29 is 23.8 Å². The Hall–Kier alpha value is -3.24. The van der Waals surface area contributed by atoms with Crippen LogP contribution in [0.5, 0.6) is 11.5 Å². The Morgan fingerprint density at radius 1 is 1.17 bits per heavy atom. The van der Waals surface area contributed by atoms with Gasteiger partial charge >= 0.3 is 5.97 Å². The number of ether oxygens (including phenoxy) is 3. The molecule has 2 aromatic carbocycles. The van der Waals surface area contributed by atoms with Crippen molar-refractivity contribution in [2.24, 2.45) is 0 Å². The summed E-state index contributed by atoms with van der Waals surface area (Å²) in [5.41, 5.74) is 1.64. The number of benzene rings is 2. The average Bonchev–Trinajstić information content (AvgIpc) is 2.74. The van der Waals surface area contributed by atoms with E-state index >= 15 is 0 Å². The minimum absolute atomic E-state index is 0.142. The number of aryl methyl sites for hydroxylation is 1. The van der Waals surface area contributed by atoms with E-state index in [9.17, 15) is 9.59 Å². The number of esters is 1. The number of rotatable bonds is 6. The van der Waals surface area contributed by atoms with Gasteiger partial charge in [0.1, 0.15) is 13.2 Å². The number of halogens is 1. The molecule has 0 N–H and O–H groups in total. The molecule has 2 aromatic rings. The monoisotopic (exact) mass is 414 g/mol. The first-order valence-corrected chi connectivity index (χ1v) is 9.37. The molecule has 0 spiro atoms. The highest BCUT2D eigenvalue weighted by Crippen LogP contribution is 2.31. The molecule has 7 nitrogen and oxygen atoms in total. The lowest BCUT2D eigenvalue weighted by Gasteiger charge is -2.22. The maximum atomic E-state index is 12.7. The van der Waals surface area contributed by atoms with E-state index in [-0.39, 0.29) is 18.5 Å². The first-order chi connectivity index (χ1) is 14.0. The van der Waals surface area contributed by atoms with Crippen LogP contribution in [0.4, 0.5) is 5.69 Å². The Bertz CT molecular complexity index is 970. The number of hydrogen-bond acceptors (Lipinski definition) is 6. The minimum atomic E-state index is -0.650. The summed E-state index contributed by atoms with van der Waals surface area (Å²) < 4.78 is 16.1. The summed E-state index contributed by atoms with van der Waals surface area (Å²) in [7, 11) is 0. The fraction of sp³-hybridized carbons (Fsp3) is 0.286. The molecule has 1 amide bonds. The van der Waals surface area contributed by atoms with Gasteiger partial charge in [-0.3, -0.25) is 4.79 Å². The molecule has 0 aromatic heterocycles. The van der Waals surface area contributed by atoms with Gasteiger partial charge < -0.3 is 19.1 Å². The van der Waals surface area contributed by atoms with Crippen molar-refractivity contribution in [3.8, 4) is 17.6 Å². The molecular formula is C21H19ClN2O5. The molecule has 0 saturated carbocycles. The number of fused-ring (bicyclic) bond motifs is 1. The summed E-state index contributed by atoms with van der Waals surface area (Å²) in [5, 5.41) is 9.47. The number of hydrogen-bond donors (Lipinski definition) is 0. The topological polar surface area (TPSA) is 88.9 Å². The van der Waals surface area contributed by atoms with Gasteiger partial charge in [-0.15, -0.1) is 0 Å². The molecule has 0 bridgehead atoms. The van der Waals surface area contributed by atoms with E-state index in [1.165, 1.54) is 11.0 Å². The van der Waals surface area contributed by atoms with Crippen LogP contribution < -0.4 is 14.4 Å². The van der Waals surface area contributed by atoms with Crippen LogP contribution in [0.1, 0.15) is 22.3 Å². The van der Waals surface area contributed by atoms with E-state index < -0.39 is 18.5 Å². The smallest absolute Gasteiger partial charge is 0.338 e. The van der Waals surface area contributed by atoms with Crippen molar-refractivity contribution in [3.63, 3.8) is 0 Å². The number of nitrogens with zero attached hydrogens (tertiary/aromatic N) is 2. The third-order valence-electron chi connectivity index (χ3n) is 4.31. The lowest BCUT2D eigenvalue weighted by molar-refractivity contribution is -0.121. The summed E-state index contributed by atoms with van der Waals surface area (Å²) in [5.74, 6) is -0.0651. The Morgan fingerprint density at radius 3 is 2.66 bits per heavy atom. The minimum Gasteiger partial charge on any atom is -0.486 e. The molecule has 0 atom stereocenters. The summed E-state index contributed by atoms with van der Waals surface area (Å²) >= 11 is 6.05. The molecule has 8 heteroatoms. The molecule has 0 saturated heterocycles. The molecule has 0 unspecified atom stereocenters. The fourth-order valence-electron chi connectivity index (χ4n) is 2.82. The normalized spacial score (nSPS) is 12.0. The van der Waals surface area contributed by atoms with Gasteiger partial charge in [0.05, 0.1) is 18.1 Å². The maximum Gasteiger partial charge on any atom is 0.338 e. The second-order valence-electron chi connectivity index (χ2n) is 6.32. The van der Waals surface area contributed by atoms with Crippen LogP contribution in [0.2, 0.25) is 5.02 Å². The van der Waals surface area contributed by atoms with E-state index in [1.54, 1.807) is 30.3 Å². The number of amides is 1. The van der Waals surface area contributed by atoms with Crippen molar-refractivity contribution >= 4 is 29.2 Å².